The van der Waals surface area contributed by atoms with E-state index < -0.39 is 29.5 Å². The summed E-state index contributed by atoms with van der Waals surface area (Å²) in [7, 11) is 0. The molecule has 0 spiro atoms. The Morgan fingerprint density at radius 1 is 0.757 bits per heavy atom. The molecule has 1 N–H and O–H groups in total. The van der Waals surface area contributed by atoms with Gasteiger partial charge in [0.15, 0.2) is 0 Å². The number of hydrogen-bond acceptors (Lipinski definition) is 5. The lowest BCUT2D eigenvalue weighted by Gasteiger charge is -2.33. The lowest BCUT2D eigenvalue weighted by molar-refractivity contribution is -0.000599. The van der Waals surface area contributed by atoms with Crippen molar-refractivity contribution in [3.05, 3.63) is 107 Å². The second kappa shape index (κ2) is 10.5. The maximum Gasteiger partial charge on any atom is 0.429 e. The molecule has 9 nitrogen and oxygen atoms in total. The number of hydrazine groups is 2. The first-order valence-electron chi connectivity index (χ1n) is 11.8. The van der Waals surface area contributed by atoms with Crippen molar-refractivity contribution in [3.63, 3.8) is 0 Å². The third kappa shape index (κ3) is 5.95. The highest BCUT2D eigenvalue weighted by molar-refractivity contribution is 6.21. The number of carbonyl (C=O) groups is 4. The summed E-state index contributed by atoms with van der Waals surface area (Å²) in [4.78, 5) is 53.1. The zero-order valence-corrected chi connectivity index (χ0v) is 20.9. The highest BCUT2D eigenvalue weighted by Crippen LogP contribution is 2.25. The third-order valence-electron chi connectivity index (χ3n) is 5.45. The van der Waals surface area contributed by atoms with Gasteiger partial charge in [0.1, 0.15) is 5.60 Å². The molecule has 4 rings (SSSR count). The number of benzene rings is 3. The topological polar surface area (TPSA) is 99.3 Å². The van der Waals surface area contributed by atoms with Crippen LogP contribution in [0.15, 0.2) is 84.9 Å². The lowest BCUT2D eigenvalue weighted by Crippen LogP contribution is -2.57. The zero-order valence-electron chi connectivity index (χ0n) is 20.9. The molecule has 0 bridgehead atoms. The van der Waals surface area contributed by atoms with E-state index in [1.54, 1.807) is 69.3 Å². The Balaban J connectivity index is 1.65. The lowest BCUT2D eigenvalue weighted by atomic mass is 10.1. The van der Waals surface area contributed by atoms with E-state index in [1.165, 1.54) is 12.1 Å². The molecule has 0 saturated heterocycles. The Hall–Kier alpha value is -4.66. The summed E-state index contributed by atoms with van der Waals surface area (Å²) >= 11 is 0. The van der Waals surface area contributed by atoms with Gasteiger partial charge in [-0.15, -0.1) is 0 Å². The largest absolute Gasteiger partial charge is 0.442 e. The molecule has 9 heteroatoms. The molecular formula is C28H28N4O5. The molecule has 1 aliphatic rings. The van der Waals surface area contributed by atoms with Gasteiger partial charge in [0.2, 0.25) is 0 Å². The summed E-state index contributed by atoms with van der Waals surface area (Å²) < 4.78 is 5.50. The average Bonchev–Trinajstić information content (AvgIpc) is 3.12. The fraction of sp³-hybridized carbons (Fsp3) is 0.214. The maximum atomic E-state index is 13.7. The normalized spacial score (nSPS) is 12.7. The quantitative estimate of drug-likeness (QED) is 0.402. The number of rotatable bonds is 5. The van der Waals surface area contributed by atoms with Crippen molar-refractivity contribution in [2.24, 2.45) is 0 Å². The van der Waals surface area contributed by atoms with Crippen molar-refractivity contribution in [2.45, 2.75) is 39.5 Å². The molecule has 190 valence electrons. The van der Waals surface area contributed by atoms with Crippen LogP contribution in [-0.2, 0) is 17.8 Å². The van der Waals surface area contributed by atoms with Gasteiger partial charge in [0.05, 0.1) is 24.2 Å². The molecule has 3 aromatic carbocycles. The number of amides is 5. The van der Waals surface area contributed by atoms with E-state index in [0.29, 0.717) is 5.56 Å². The molecule has 1 heterocycles. The minimum absolute atomic E-state index is 0.00277. The Labute approximate surface area is 215 Å². The molecule has 37 heavy (non-hydrogen) atoms. The van der Waals surface area contributed by atoms with Crippen molar-refractivity contribution < 1.29 is 23.9 Å². The van der Waals surface area contributed by atoms with Gasteiger partial charge in [-0.2, -0.15) is 5.01 Å². The van der Waals surface area contributed by atoms with Gasteiger partial charge in [-0.3, -0.25) is 9.59 Å². The predicted octanol–water partition coefficient (Wildman–Crippen LogP) is 4.76. The van der Waals surface area contributed by atoms with Crippen molar-refractivity contribution in [1.82, 2.24) is 20.5 Å². The third-order valence-corrected chi connectivity index (χ3v) is 5.45. The number of ether oxygens (including phenoxy) is 1. The Morgan fingerprint density at radius 3 is 1.70 bits per heavy atom. The predicted molar refractivity (Wildman–Crippen MR) is 136 cm³/mol. The number of nitrogens with one attached hydrogen (secondary N) is 1. The van der Waals surface area contributed by atoms with Gasteiger partial charge in [-0.1, -0.05) is 72.8 Å². The van der Waals surface area contributed by atoms with E-state index in [1.807, 2.05) is 24.3 Å². The number of urea groups is 1. The number of fused-ring (bicyclic) bond motifs is 1. The van der Waals surface area contributed by atoms with E-state index in [9.17, 15) is 19.2 Å². The number of nitrogens with zero attached hydrogens (tertiary/aromatic N) is 3. The van der Waals surface area contributed by atoms with Gasteiger partial charge < -0.3 is 4.74 Å². The smallest absolute Gasteiger partial charge is 0.429 e. The first-order valence-corrected chi connectivity index (χ1v) is 11.8. The van der Waals surface area contributed by atoms with Crippen LogP contribution in [0.5, 0.6) is 0 Å². The number of hydrogen-bond donors (Lipinski definition) is 1. The molecule has 3 aromatic rings. The number of imide groups is 1. The van der Waals surface area contributed by atoms with Crippen molar-refractivity contribution in [2.75, 3.05) is 0 Å². The first kappa shape index (κ1) is 25.4. The minimum Gasteiger partial charge on any atom is -0.442 e. The molecule has 0 saturated carbocycles. The van der Waals surface area contributed by atoms with E-state index in [2.05, 4.69) is 5.43 Å². The van der Waals surface area contributed by atoms with Crippen LogP contribution in [0.1, 0.15) is 52.6 Å². The Kier molecular flexibility index (Phi) is 7.24. The Bertz CT molecular complexity index is 1270. The van der Waals surface area contributed by atoms with Gasteiger partial charge in [-0.25, -0.2) is 25.0 Å². The molecular weight excluding hydrogens is 472 g/mol. The van der Waals surface area contributed by atoms with E-state index in [0.717, 1.165) is 20.6 Å². The van der Waals surface area contributed by atoms with Crippen molar-refractivity contribution in [3.8, 4) is 0 Å². The fourth-order valence-corrected chi connectivity index (χ4v) is 3.79. The molecule has 0 unspecified atom stereocenters. The van der Waals surface area contributed by atoms with Crippen LogP contribution >= 0.6 is 0 Å². The minimum atomic E-state index is -0.847. The van der Waals surface area contributed by atoms with Crippen molar-refractivity contribution >= 4 is 23.9 Å². The zero-order chi connectivity index (χ0) is 26.6. The molecule has 5 amide bonds. The summed E-state index contributed by atoms with van der Waals surface area (Å²) in [6.07, 6.45) is -0.785. The van der Waals surface area contributed by atoms with E-state index in [-0.39, 0.29) is 24.2 Å². The molecule has 0 fully saturated rings. The summed E-state index contributed by atoms with van der Waals surface area (Å²) in [5.74, 6) is -1.25. The standard InChI is InChI=1S/C28H28N4O5/c1-28(2,3)37-27(36)30(18-20-12-6-4-7-13-20)29-26(35)31(19-21-14-8-5-9-15-21)32-24(33)22-16-10-11-17-23(22)25(32)34/h4-17H,18-19H2,1-3H3,(H,29,35). The second-order valence-corrected chi connectivity index (χ2v) is 9.48. The van der Waals surface area contributed by atoms with E-state index >= 15 is 0 Å². The SMILES string of the molecule is CC(C)(C)OC(=O)N(Cc1ccccc1)NC(=O)N(Cc1ccccc1)N1C(=O)c2ccccc2C1=O. The highest BCUT2D eigenvalue weighted by Gasteiger charge is 2.42. The van der Waals surface area contributed by atoms with Gasteiger partial charge in [0.25, 0.3) is 11.8 Å². The van der Waals surface area contributed by atoms with Crippen LogP contribution in [0.25, 0.3) is 0 Å². The monoisotopic (exact) mass is 500 g/mol. The molecule has 0 atom stereocenters. The van der Waals surface area contributed by atoms with Crippen LogP contribution in [0, 0.1) is 0 Å². The summed E-state index contributed by atoms with van der Waals surface area (Å²) in [5.41, 5.74) is 3.56. The van der Waals surface area contributed by atoms with E-state index in [4.69, 9.17) is 4.74 Å². The van der Waals surface area contributed by atoms with Gasteiger partial charge in [-0.05, 0) is 44.0 Å². The van der Waals surface area contributed by atoms with Crippen LogP contribution in [0.3, 0.4) is 0 Å². The molecule has 0 aliphatic carbocycles. The van der Waals surface area contributed by atoms with Crippen LogP contribution in [0.4, 0.5) is 9.59 Å². The molecule has 1 aliphatic heterocycles. The maximum absolute atomic E-state index is 13.7. The van der Waals surface area contributed by atoms with Crippen LogP contribution in [0.2, 0.25) is 0 Å². The number of carbonyl (C=O) groups excluding carboxylic acids is 4. The summed E-state index contributed by atoms with van der Waals surface area (Å²) in [5, 5.41) is 2.84. The molecule has 0 radical (unpaired) electrons. The summed E-state index contributed by atoms with van der Waals surface area (Å²) in [6, 6.07) is 23.5. The fourth-order valence-electron chi connectivity index (χ4n) is 3.79. The first-order chi connectivity index (χ1) is 17.6. The molecule has 0 aromatic heterocycles. The second-order valence-electron chi connectivity index (χ2n) is 9.48. The van der Waals surface area contributed by atoms with Gasteiger partial charge in [0, 0.05) is 0 Å². The van der Waals surface area contributed by atoms with Crippen LogP contribution in [-0.4, -0.2) is 44.6 Å². The van der Waals surface area contributed by atoms with Gasteiger partial charge >= 0.3 is 12.1 Å². The summed E-state index contributed by atoms with van der Waals surface area (Å²) in [6.45, 7) is 5.06. The van der Waals surface area contributed by atoms with Crippen LogP contribution < -0.4 is 5.43 Å². The highest BCUT2D eigenvalue weighted by atomic mass is 16.6. The van der Waals surface area contributed by atoms with Crippen molar-refractivity contribution in [1.29, 1.82) is 0 Å². The average molecular weight is 501 g/mol. The Morgan fingerprint density at radius 2 is 1.22 bits per heavy atom.